The fraction of sp³-hybridized carbons (Fsp3) is 0.467. The number of phosphoric ester groups is 1. The Balaban J connectivity index is 1.13. The molecule has 0 bridgehead atoms. The van der Waals surface area contributed by atoms with Gasteiger partial charge in [-0.05, 0) is 114 Å². The second-order valence-corrected chi connectivity index (χ2v) is 22.5. The number of nitrogens with one attached hydrogen (secondary N) is 1. The number of hydrogen-bond donors (Lipinski definition) is 8. The number of benzene rings is 4. The van der Waals surface area contributed by atoms with Gasteiger partial charge in [0.25, 0.3) is 0 Å². The molecule has 28 nitrogen and oxygen atoms in total. The summed E-state index contributed by atoms with van der Waals surface area (Å²) in [7, 11) is -4.74. The van der Waals surface area contributed by atoms with Gasteiger partial charge in [-0.2, -0.15) is 0 Å². The number of esters is 4. The number of aliphatic hydroxyl groups is 4. The SMILES string of the molecule is CC(C)OC(=O)[C@H](O[C@@H]1O[C@H](CO)[C@H](OC(=O)c2ccccc2)[C@H](O[C@H](Cc2ccccc2)C(=O)O)[C@H]1OC(=O)c1ccccc1)[C@@H](O[C@@H]1O[C@@H](C)[C@@H](O)[C@@H](O)[C@@H]1O)C(=O)O[C@@H](C)CCCn1cc(CCCCC(=O)Nc2ccc(OP(=O)(O)O)cc2)nn1. The van der Waals surface area contributed by atoms with Gasteiger partial charge in [0.1, 0.15) is 36.3 Å². The van der Waals surface area contributed by atoms with E-state index in [9.17, 15) is 58.9 Å². The highest BCUT2D eigenvalue weighted by atomic mass is 31.2. The number of unbranched alkanes of at least 4 members (excludes halogenated alkanes) is 1. The van der Waals surface area contributed by atoms with Crippen molar-refractivity contribution in [1.82, 2.24) is 15.0 Å². The molecule has 14 atom stereocenters. The molecule has 5 aromatic rings. The first-order chi connectivity index (χ1) is 42.5. The monoisotopic (exact) mass is 1260 g/mol. The molecule has 89 heavy (non-hydrogen) atoms. The van der Waals surface area contributed by atoms with Crippen LogP contribution in [0.3, 0.4) is 0 Å². The van der Waals surface area contributed by atoms with Gasteiger partial charge in [0.15, 0.2) is 43.1 Å². The van der Waals surface area contributed by atoms with Crippen molar-refractivity contribution >= 4 is 49.3 Å². The Kier molecular flexibility index (Phi) is 25.4. The molecule has 2 saturated heterocycles. The number of carboxylic acids is 1. The summed E-state index contributed by atoms with van der Waals surface area (Å²) < 4.78 is 71.6. The molecule has 2 aliphatic heterocycles. The Bertz CT molecular complexity index is 3140. The van der Waals surface area contributed by atoms with Gasteiger partial charge >= 0.3 is 37.7 Å². The maximum absolute atomic E-state index is 14.8. The molecular formula is C60H73N4O24P. The van der Waals surface area contributed by atoms with Gasteiger partial charge in [-0.15, -0.1) is 5.10 Å². The van der Waals surface area contributed by atoms with Crippen molar-refractivity contribution in [3.05, 3.63) is 144 Å². The number of carbonyl (C=O) groups excluding carboxylic acids is 5. The van der Waals surface area contributed by atoms with E-state index in [0.29, 0.717) is 42.6 Å². The lowest BCUT2D eigenvalue weighted by Gasteiger charge is -2.46. The van der Waals surface area contributed by atoms with Crippen LogP contribution in [0.1, 0.15) is 91.8 Å². The van der Waals surface area contributed by atoms with E-state index in [1.807, 2.05) is 0 Å². The van der Waals surface area contributed by atoms with Gasteiger partial charge in [0, 0.05) is 31.3 Å². The lowest BCUT2D eigenvalue weighted by atomic mass is 9.96. The summed E-state index contributed by atoms with van der Waals surface area (Å²) in [5.41, 5.74) is 1.44. The zero-order valence-electron chi connectivity index (χ0n) is 48.9. The number of hydrogen-bond acceptors (Lipinski definition) is 23. The number of phosphoric acid groups is 1. The third-order valence-corrected chi connectivity index (χ3v) is 14.4. The minimum Gasteiger partial charge on any atom is -0.479 e. The smallest absolute Gasteiger partial charge is 0.479 e. The molecule has 1 amide bonds. The lowest BCUT2D eigenvalue weighted by Crippen LogP contribution is -2.65. The molecule has 0 aliphatic carbocycles. The summed E-state index contributed by atoms with van der Waals surface area (Å²) in [4.78, 5) is 101. The molecule has 29 heteroatoms. The van der Waals surface area contributed by atoms with E-state index in [1.165, 1.54) is 88.4 Å². The van der Waals surface area contributed by atoms with E-state index < -0.39 is 136 Å². The number of amides is 1. The summed E-state index contributed by atoms with van der Waals surface area (Å²) >= 11 is 0. The van der Waals surface area contributed by atoms with E-state index >= 15 is 0 Å². The van der Waals surface area contributed by atoms with Crippen LogP contribution in [0.15, 0.2) is 121 Å². The van der Waals surface area contributed by atoms with E-state index in [0.717, 1.165) is 0 Å². The molecule has 1 aromatic heterocycles. The Morgan fingerprint density at radius 1 is 0.685 bits per heavy atom. The Labute approximate surface area is 511 Å². The van der Waals surface area contributed by atoms with Gasteiger partial charge in [0.2, 0.25) is 5.91 Å². The molecule has 0 radical (unpaired) electrons. The van der Waals surface area contributed by atoms with Crippen LogP contribution in [-0.4, -0.2) is 185 Å². The van der Waals surface area contributed by atoms with Crippen LogP contribution in [0.4, 0.5) is 5.69 Å². The molecule has 2 fully saturated rings. The summed E-state index contributed by atoms with van der Waals surface area (Å²) in [5, 5.41) is 65.7. The normalized spacial score (nSPS) is 23.2. The third-order valence-electron chi connectivity index (χ3n) is 13.9. The number of aromatic nitrogens is 3. The highest BCUT2D eigenvalue weighted by Crippen LogP contribution is 2.38. The zero-order chi connectivity index (χ0) is 64.4. The van der Waals surface area contributed by atoms with Crippen LogP contribution in [0.25, 0.3) is 0 Å². The highest BCUT2D eigenvalue weighted by molar-refractivity contribution is 7.46. The molecule has 4 aromatic carbocycles. The first-order valence-corrected chi connectivity index (χ1v) is 30.2. The van der Waals surface area contributed by atoms with E-state index in [-0.39, 0.29) is 48.6 Å². The summed E-state index contributed by atoms with van der Waals surface area (Å²) in [6.07, 6.45) is -23.7. The van der Waals surface area contributed by atoms with Gasteiger partial charge in [-0.25, -0.2) is 28.5 Å². The zero-order valence-corrected chi connectivity index (χ0v) is 49.8. The van der Waals surface area contributed by atoms with Crippen molar-refractivity contribution in [3.8, 4) is 5.75 Å². The number of aryl methyl sites for hydroxylation is 2. The fourth-order valence-electron chi connectivity index (χ4n) is 9.49. The first-order valence-electron chi connectivity index (χ1n) is 28.6. The van der Waals surface area contributed by atoms with Crippen LogP contribution < -0.4 is 9.84 Å². The van der Waals surface area contributed by atoms with Gasteiger partial charge in [-0.1, -0.05) is 71.9 Å². The predicted octanol–water partition coefficient (Wildman–Crippen LogP) is 3.61. The minimum atomic E-state index is -4.74. The summed E-state index contributed by atoms with van der Waals surface area (Å²) in [5.74, 6) is -6.70. The van der Waals surface area contributed by atoms with E-state index in [4.69, 9.17) is 52.4 Å². The number of carbonyl (C=O) groups is 6. The average Bonchev–Trinajstić information content (AvgIpc) is 2.02. The number of nitrogens with zero attached hydrogens (tertiary/aromatic N) is 3. The lowest BCUT2D eigenvalue weighted by molar-refractivity contribution is -0.337. The fourth-order valence-corrected chi connectivity index (χ4v) is 9.89. The number of carboxylic acid groups (broad SMARTS) is 1. The van der Waals surface area contributed by atoms with Crippen LogP contribution in [0.5, 0.6) is 5.75 Å². The number of aliphatic carboxylic acids is 1. The first kappa shape index (κ1) is 68.9. The standard InChI is InChI=1S/C60H73N4O24P/c1-34(2)79-57(74)51(87-60-53(85-56(73)39-22-12-7-13-23-39)50(82-43(54(70)71)31-37-18-8-5-9-19-37)49(44(33-65)83-60)84-55(72)38-20-10-6-11-21-38)52(86-59-48(69)47(68)46(67)36(4)81-59)58(75)80-35(3)17-16-30-64-32-41(62-63-64)24-14-15-25-45(66)61-40-26-28-42(29-27-40)88-89(76,77)78/h5-13,18-23,26-29,32,34-36,43-44,46-53,59-60,65,67-69H,14-17,24-25,30-31,33H2,1-4H3,(H,61,66)(H,70,71)(H2,76,77,78)/t35-,36-,43+,44+,46+,47+,48-,49-,50-,51+,52+,53+,59-,60-/m0/s1. The van der Waals surface area contributed by atoms with Crippen molar-refractivity contribution in [2.45, 2.75) is 171 Å². The van der Waals surface area contributed by atoms with Crippen molar-refractivity contribution in [2.24, 2.45) is 0 Å². The molecule has 0 spiro atoms. The Hall–Kier alpha value is -7.57. The highest BCUT2D eigenvalue weighted by Gasteiger charge is 2.56. The largest absolute Gasteiger partial charge is 0.524 e. The quantitative estimate of drug-likeness (QED) is 0.0136. The summed E-state index contributed by atoms with van der Waals surface area (Å²) in [6, 6.07) is 28.7. The average molecular weight is 1270 g/mol. The molecular weight excluding hydrogens is 1190 g/mol. The molecule has 482 valence electrons. The van der Waals surface area contributed by atoms with E-state index in [1.54, 1.807) is 65.5 Å². The van der Waals surface area contributed by atoms with Crippen LogP contribution in [0, 0.1) is 0 Å². The number of ether oxygens (including phenoxy) is 9. The van der Waals surface area contributed by atoms with Crippen molar-refractivity contribution in [3.63, 3.8) is 0 Å². The molecule has 8 N–H and O–H groups in total. The molecule has 7 rings (SSSR count). The Morgan fingerprint density at radius 2 is 1.27 bits per heavy atom. The number of rotatable bonds is 31. The predicted molar refractivity (Wildman–Crippen MR) is 307 cm³/mol. The van der Waals surface area contributed by atoms with Crippen molar-refractivity contribution < 1.29 is 116 Å². The number of anilines is 1. The van der Waals surface area contributed by atoms with E-state index in [2.05, 4.69) is 20.2 Å². The molecule has 3 heterocycles. The number of aliphatic hydroxyl groups excluding tert-OH is 4. The van der Waals surface area contributed by atoms with Gasteiger partial charge in [-0.3, -0.25) is 19.3 Å². The second kappa shape index (κ2) is 32.8. The third kappa shape index (κ3) is 20.5. The maximum Gasteiger partial charge on any atom is 0.524 e. The molecule has 0 unspecified atom stereocenters. The Morgan fingerprint density at radius 3 is 1.85 bits per heavy atom. The van der Waals surface area contributed by atoms with Crippen LogP contribution in [0.2, 0.25) is 0 Å². The second-order valence-electron chi connectivity index (χ2n) is 21.3. The van der Waals surface area contributed by atoms with Crippen molar-refractivity contribution in [1.29, 1.82) is 0 Å². The topological polar surface area (TPSA) is 396 Å². The van der Waals surface area contributed by atoms with Crippen LogP contribution >= 0.6 is 7.82 Å². The minimum absolute atomic E-state index is 0.00363. The molecule has 2 aliphatic rings. The van der Waals surface area contributed by atoms with Gasteiger partial charge in [0.05, 0.1) is 41.7 Å². The maximum atomic E-state index is 14.8. The molecule has 0 saturated carbocycles. The van der Waals surface area contributed by atoms with Gasteiger partial charge < -0.3 is 78.0 Å². The van der Waals surface area contributed by atoms with Crippen molar-refractivity contribution in [2.75, 3.05) is 11.9 Å². The summed E-state index contributed by atoms with van der Waals surface area (Å²) in [6.45, 7) is 5.01. The van der Waals surface area contributed by atoms with Crippen LogP contribution in [-0.2, 0) is 85.8 Å².